The highest BCUT2D eigenvalue weighted by molar-refractivity contribution is 5.78. The summed E-state index contributed by atoms with van der Waals surface area (Å²) in [7, 11) is 1.66. The number of amides is 1. The predicted molar refractivity (Wildman–Crippen MR) is 68.6 cm³/mol. The fourth-order valence-electron chi connectivity index (χ4n) is 2.39. The Bertz CT molecular complexity index is 256. The molecule has 100 valence electrons. The number of ether oxygens (including phenoxy) is 1. The number of hydrogen-bond donors (Lipinski definition) is 2. The van der Waals surface area contributed by atoms with Crippen molar-refractivity contribution < 1.29 is 9.53 Å². The van der Waals surface area contributed by atoms with Crippen LogP contribution in [0, 0.1) is 11.8 Å². The van der Waals surface area contributed by atoms with Crippen LogP contribution in [0.4, 0.5) is 0 Å². The maximum Gasteiger partial charge on any atom is 0.223 e. The van der Waals surface area contributed by atoms with Crippen LogP contribution in [-0.2, 0) is 9.53 Å². The highest BCUT2D eigenvalue weighted by atomic mass is 16.5. The number of carbonyl (C=O) groups excluding carboxylic acids is 1. The van der Waals surface area contributed by atoms with Crippen molar-refractivity contribution in [3.05, 3.63) is 0 Å². The zero-order valence-corrected chi connectivity index (χ0v) is 11.5. The summed E-state index contributed by atoms with van der Waals surface area (Å²) in [6.07, 6.45) is 2.80. The molecule has 3 unspecified atom stereocenters. The largest absolute Gasteiger partial charge is 0.377 e. The molecule has 1 amide bonds. The van der Waals surface area contributed by atoms with Gasteiger partial charge in [-0.3, -0.25) is 4.79 Å². The molecule has 1 saturated carbocycles. The maximum absolute atomic E-state index is 12.0. The third kappa shape index (κ3) is 4.64. The Labute approximate surface area is 104 Å². The first-order chi connectivity index (χ1) is 7.84. The van der Waals surface area contributed by atoms with E-state index in [9.17, 15) is 4.79 Å². The van der Waals surface area contributed by atoms with Gasteiger partial charge in [0.05, 0.1) is 5.60 Å². The summed E-state index contributed by atoms with van der Waals surface area (Å²) in [6, 6.07) is 0.171. The Hall–Kier alpha value is -0.610. The molecule has 0 aliphatic heterocycles. The van der Waals surface area contributed by atoms with E-state index in [1.165, 1.54) is 0 Å². The number of methoxy groups -OCH3 is 1. The van der Waals surface area contributed by atoms with Crippen LogP contribution in [0.25, 0.3) is 0 Å². The second kappa shape index (κ2) is 5.83. The molecule has 1 aliphatic rings. The van der Waals surface area contributed by atoms with Gasteiger partial charge in [-0.1, -0.05) is 6.92 Å². The summed E-state index contributed by atoms with van der Waals surface area (Å²) in [5.74, 6) is 0.739. The average Bonchev–Trinajstić information content (AvgIpc) is 2.24. The van der Waals surface area contributed by atoms with Crippen molar-refractivity contribution >= 4 is 5.91 Å². The molecular formula is C13H26N2O2. The Morgan fingerprint density at radius 3 is 2.59 bits per heavy atom. The van der Waals surface area contributed by atoms with E-state index in [0.29, 0.717) is 12.5 Å². The Morgan fingerprint density at radius 1 is 1.41 bits per heavy atom. The van der Waals surface area contributed by atoms with Crippen molar-refractivity contribution in [1.82, 2.24) is 5.32 Å². The molecule has 3 atom stereocenters. The van der Waals surface area contributed by atoms with Crippen molar-refractivity contribution in [2.24, 2.45) is 17.6 Å². The monoisotopic (exact) mass is 242 g/mol. The summed E-state index contributed by atoms with van der Waals surface area (Å²) >= 11 is 0. The van der Waals surface area contributed by atoms with Gasteiger partial charge < -0.3 is 15.8 Å². The predicted octanol–water partition coefficient (Wildman–Crippen LogP) is 1.29. The molecule has 1 aliphatic carbocycles. The standard InChI is InChI=1S/C13H26N2O2/c1-9-5-10(7-11(14)6-9)12(16)15-8-13(2,3)17-4/h9-11H,5-8,14H2,1-4H3,(H,15,16). The molecule has 0 heterocycles. The number of nitrogens with two attached hydrogens (primary N) is 1. The molecule has 4 nitrogen and oxygen atoms in total. The summed E-state index contributed by atoms with van der Waals surface area (Å²) in [4.78, 5) is 12.0. The highest BCUT2D eigenvalue weighted by Crippen LogP contribution is 2.28. The quantitative estimate of drug-likeness (QED) is 0.781. The number of hydrogen-bond acceptors (Lipinski definition) is 3. The molecular weight excluding hydrogens is 216 g/mol. The smallest absolute Gasteiger partial charge is 0.223 e. The maximum atomic E-state index is 12.0. The first kappa shape index (κ1) is 14.5. The van der Waals surface area contributed by atoms with Crippen molar-refractivity contribution in [2.75, 3.05) is 13.7 Å². The minimum atomic E-state index is -0.307. The molecule has 0 radical (unpaired) electrons. The van der Waals surface area contributed by atoms with Gasteiger partial charge in [-0.05, 0) is 39.0 Å². The van der Waals surface area contributed by atoms with E-state index < -0.39 is 0 Å². The van der Waals surface area contributed by atoms with Gasteiger partial charge in [0.25, 0.3) is 0 Å². The second-order valence-corrected chi connectivity index (χ2v) is 5.95. The van der Waals surface area contributed by atoms with Crippen molar-refractivity contribution in [3.8, 4) is 0 Å². The van der Waals surface area contributed by atoms with Crippen LogP contribution >= 0.6 is 0 Å². The number of nitrogens with one attached hydrogen (secondary N) is 1. The SMILES string of the molecule is COC(C)(C)CNC(=O)C1CC(C)CC(N)C1. The van der Waals surface area contributed by atoms with Crippen LogP contribution in [0.2, 0.25) is 0 Å². The first-order valence-corrected chi connectivity index (χ1v) is 6.42. The van der Waals surface area contributed by atoms with Crippen LogP contribution in [0.3, 0.4) is 0 Å². The van der Waals surface area contributed by atoms with Crippen molar-refractivity contribution in [1.29, 1.82) is 0 Å². The minimum Gasteiger partial charge on any atom is -0.377 e. The second-order valence-electron chi connectivity index (χ2n) is 5.95. The lowest BCUT2D eigenvalue weighted by atomic mass is 9.79. The van der Waals surface area contributed by atoms with Gasteiger partial charge in [-0.2, -0.15) is 0 Å². The molecule has 4 heteroatoms. The Balaban J connectivity index is 2.42. The van der Waals surface area contributed by atoms with Crippen LogP contribution in [-0.4, -0.2) is 31.2 Å². The van der Waals surface area contributed by atoms with Crippen LogP contribution in [0.1, 0.15) is 40.0 Å². The topological polar surface area (TPSA) is 64.3 Å². The molecule has 3 N–H and O–H groups in total. The lowest BCUT2D eigenvalue weighted by molar-refractivity contribution is -0.127. The summed E-state index contributed by atoms with van der Waals surface area (Å²) < 4.78 is 5.28. The van der Waals surface area contributed by atoms with Crippen LogP contribution < -0.4 is 11.1 Å². The van der Waals surface area contributed by atoms with Gasteiger partial charge in [-0.15, -0.1) is 0 Å². The van der Waals surface area contributed by atoms with E-state index in [0.717, 1.165) is 19.3 Å². The van der Waals surface area contributed by atoms with Crippen molar-refractivity contribution in [2.45, 2.75) is 51.7 Å². The molecule has 0 bridgehead atoms. The van der Waals surface area contributed by atoms with E-state index >= 15 is 0 Å². The number of rotatable bonds is 4. The van der Waals surface area contributed by atoms with E-state index in [1.807, 2.05) is 13.8 Å². The van der Waals surface area contributed by atoms with Crippen molar-refractivity contribution in [3.63, 3.8) is 0 Å². The van der Waals surface area contributed by atoms with Gasteiger partial charge in [0.1, 0.15) is 0 Å². The van der Waals surface area contributed by atoms with Gasteiger partial charge in [0, 0.05) is 25.6 Å². The lowest BCUT2D eigenvalue weighted by Gasteiger charge is -2.31. The van der Waals surface area contributed by atoms with E-state index in [1.54, 1.807) is 7.11 Å². The van der Waals surface area contributed by atoms with Gasteiger partial charge in [0.15, 0.2) is 0 Å². The summed E-state index contributed by atoms with van der Waals surface area (Å²) in [6.45, 7) is 6.63. The van der Waals surface area contributed by atoms with E-state index in [4.69, 9.17) is 10.5 Å². The summed E-state index contributed by atoms with van der Waals surface area (Å²) in [5.41, 5.74) is 5.65. The highest BCUT2D eigenvalue weighted by Gasteiger charge is 2.30. The molecule has 0 aromatic carbocycles. The molecule has 0 saturated heterocycles. The normalized spacial score (nSPS) is 30.1. The van der Waals surface area contributed by atoms with Gasteiger partial charge in [-0.25, -0.2) is 0 Å². The molecule has 1 fully saturated rings. The molecule has 0 spiro atoms. The Morgan fingerprint density at radius 2 is 2.06 bits per heavy atom. The number of carbonyl (C=O) groups is 1. The first-order valence-electron chi connectivity index (χ1n) is 6.42. The minimum absolute atomic E-state index is 0.0707. The van der Waals surface area contributed by atoms with Gasteiger partial charge in [0.2, 0.25) is 5.91 Å². The van der Waals surface area contributed by atoms with Crippen LogP contribution in [0.15, 0.2) is 0 Å². The van der Waals surface area contributed by atoms with E-state index in [-0.39, 0.29) is 23.5 Å². The summed E-state index contributed by atoms with van der Waals surface area (Å²) in [5, 5.41) is 2.97. The van der Waals surface area contributed by atoms with E-state index in [2.05, 4.69) is 12.2 Å². The third-order valence-corrected chi connectivity index (χ3v) is 3.59. The molecule has 17 heavy (non-hydrogen) atoms. The van der Waals surface area contributed by atoms with Crippen LogP contribution in [0.5, 0.6) is 0 Å². The molecule has 1 rings (SSSR count). The zero-order chi connectivity index (χ0) is 13.1. The molecule has 0 aromatic heterocycles. The Kier molecular flexibility index (Phi) is 4.95. The fraction of sp³-hybridized carbons (Fsp3) is 0.923. The third-order valence-electron chi connectivity index (χ3n) is 3.59. The average molecular weight is 242 g/mol. The van der Waals surface area contributed by atoms with Gasteiger partial charge >= 0.3 is 0 Å². The lowest BCUT2D eigenvalue weighted by Crippen LogP contribution is -2.45. The molecule has 0 aromatic rings. The zero-order valence-electron chi connectivity index (χ0n) is 11.5. The fourth-order valence-corrected chi connectivity index (χ4v) is 2.39.